The normalized spacial score (nSPS) is 11.5. The lowest BCUT2D eigenvalue weighted by atomic mass is 10.1. The number of hydrogen-bond donors (Lipinski definition) is 0. The highest BCUT2D eigenvalue weighted by Gasteiger charge is 2.18. The third kappa shape index (κ3) is 4.84. The van der Waals surface area contributed by atoms with Crippen molar-refractivity contribution in [2.24, 2.45) is 7.05 Å². The first-order valence-electron chi connectivity index (χ1n) is 11.5. The SMILES string of the molecule is COc1cccc(-n2cnn(C)c2=O)c1COc1ccc(-n2nc(C(C)C)cc2C(C)C)cc1Cl. The van der Waals surface area contributed by atoms with Gasteiger partial charge in [-0.15, -0.1) is 0 Å². The van der Waals surface area contributed by atoms with Gasteiger partial charge in [0, 0.05) is 12.7 Å². The quantitative estimate of drug-likeness (QED) is 0.334. The molecular formula is C26H30ClN5O3. The van der Waals surface area contributed by atoms with Crippen molar-refractivity contribution in [3.8, 4) is 22.9 Å². The zero-order chi connectivity index (χ0) is 25.3. The van der Waals surface area contributed by atoms with Crippen LogP contribution in [0.15, 0.2) is 53.6 Å². The van der Waals surface area contributed by atoms with Crippen LogP contribution in [0.25, 0.3) is 11.4 Å². The predicted molar refractivity (Wildman–Crippen MR) is 136 cm³/mol. The minimum absolute atomic E-state index is 0.149. The fourth-order valence-electron chi connectivity index (χ4n) is 3.87. The van der Waals surface area contributed by atoms with Crippen molar-refractivity contribution in [1.82, 2.24) is 24.1 Å². The number of aromatic nitrogens is 5. The Hall–Kier alpha value is -3.52. The highest BCUT2D eigenvalue weighted by molar-refractivity contribution is 6.32. The van der Waals surface area contributed by atoms with Crippen LogP contribution < -0.4 is 15.2 Å². The molecule has 0 amide bonds. The smallest absolute Gasteiger partial charge is 0.350 e. The van der Waals surface area contributed by atoms with E-state index in [0.717, 1.165) is 17.1 Å². The van der Waals surface area contributed by atoms with Crippen molar-refractivity contribution in [3.05, 3.63) is 81.3 Å². The molecular weight excluding hydrogens is 466 g/mol. The van der Waals surface area contributed by atoms with Gasteiger partial charge in [-0.3, -0.25) is 0 Å². The van der Waals surface area contributed by atoms with Gasteiger partial charge >= 0.3 is 5.69 Å². The van der Waals surface area contributed by atoms with E-state index in [1.807, 2.05) is 41.1 Å². The molecule has 0 spiro atoms. The number of methoxy groups -OCH3 is 1. The minimum Gasteiger partial charge on any atom is -0.496 e. The molecule has 2 heterocycles. The van der Waals surface area contributed by atoms with Crippen LogP contribution in [0.4, 0.5) is 0 Å². The molecule has 0 unspecified atom stereocenters. The van der Waals surface area contributed by atoms with Crippen LogP contribution in [0.1, 0.15) is 56.5 Å². The van der Waals surface area contributed by atoms with Gasteiger partial charge in [0.2, 0.25) is 0 Å². The Morgan fingerprint density at radius 1 is 1.03 bits per heavy atom. The summed E-state index contributed by atoms with van der Waals surface area (Å²) in [7, 11) is 3.18. The molecule has 0 aliphatic carbocycles. The Morgan fingerprint density at radius 3 is 2.40 bits per heavy atom. The van der Waals surface area contributed by atoms with E-state index in [2.05, 4.69) is 38.9 Å². The van der Waals surface area contributed by atoms with E-state index < -0.39 is 0 Å². The molecule has 4 aromatic rings. The van der Waals surface area contributed by atoms with Gasteiger partial charge in [-0.1, -0.05) is 45.4 Å². The molecule has 0 radical (unpaired) electrons. The molecule has 0 N–H and O–H groups in total. The Labute approximate surface area is 209 Å². The second-order valence-corrected chi connectivity index (χ2v) is 9.39. The number of benzene rings is 2. The molecule has 2 aromatic heterocycles. The van der Waals surface area contributed by atoms with E-state index in [-0.39, 0.29) is 12.3 Å². The van der Waals surface area contributed by atoms with Crippen molar-refractivity contribution < 1.29 is 9.47 Å². The van der Waals surface area contributed by atoms with Crippen molar-refractivity contribution in [1.29, 1.82) is 0 Å². The molecule has 0 bridgehead atoms. The Kier molecular flexibility index (Phi) is 7.03. The predicted octanol–water partition coefficient (Wildman–Crippen LogP) is 5.24. The van der Waals surface area contributed by atoms with Crippen molar-refractivity contribution in [2.45, 2.75) is 46.1 Å². The van der Waals surface area contributed by atoms with Gasteiger partial charge in [-0.2, -0.15) is 10.2 Å². The lowest BCUT2D eigenvalue weighted by Crippen LogP contribution is -2.22. The summed E-state index contributed by atoms with van der Waals surface area (Å²) in [6, 6.07) is 13.3. The van der Waals surface area contributed by atoms with Crippen LogP contribution in [-0.2, 0) is 13.7 Å². The van der Waals surface area contributed by atoms with E-state index >= 15 is 0 Å². The van der Waals surface area contributed by atoms with Gasteiger partial charge in [0.15, 0.2) is 0 Å². The second kappa shape index (κ2) is 10.00. The number of rotatable bonds is 8. The van der Waals surface area contributed by atoms with Gasteiger partial charge in [-0.05, 0) is 48.2 Å². The summed E-state index contributed by atoms with van der Waals surface area (Å²) in [6.45, 7) is 8.71. The number of hydrogen-bond acceptors (Lipinski definition) is 5. The van der Waals surface area contributed by atoms with Crippen LogP contribution in [0.5, 0.6) is 11.5 Å². The molecule has 4 rings (SSSR count). The average Bonchev–Trinajstić information content (AvgIpc) is 3.42. The Balaban J connectivity index is 1.65. The maximum atomic E-state index is 12.5. The molecule has 0 aliphatic heterocycles. The van der Waals surface area contributed by atoms with Crippen molar-refractivity contribution >= 4 is 11.6 Å². The number of ether oxygens (including phenoxy) is 2. The fraction of sp³-hybridized carbons (Fsp3) is 0.346. The van der Waals surface area contributed by atoms with Gasteiger partial charge in [0.05, 0.1) is 34.8 Å². The van der Waals surface area contributed by atoms with Crippen LogP contribution in [0.3, 0.4) is 0 Å². The molecule has 0 aliphatic rings. The molecule has 0 atom stereocenters. The molecule has 0 saturated heterocycles. The lowest BCUT2D eigenvalue weighted by molar-refractivity contribution is 0.296. The molecule has 184 valence electrons. The van der Waals surface area contributed by atoms with E-state index in [1.54, 1.807) is 14.2 Å². The summed E-state index contributed by atoms with van der Waals surface area (Å²) < 4.78 is 16.3. The molecule has 9 heteroatoms. The summed E-state index contributed by atoms with van der Waals surface area (Å²) in [5.41, 5.74) is 4.12. The van der Waals surface area contributed by atoms with E-state index in [4.69, 9.17) is 26.2 Å². The van der Waals surface area contributed by atoms with E-state index in [0.29, 0.717) is 39.6 Å². The zero-order valence-corrected chi connectivity index (χ0v) is 21.6. The van der Waals surface area contributed by atoms with Crippen LogP contribution in [0.2, 0.25) is 5.02 Å². The fourth-order valence-corrected chi connectivity index (χ4v) is 4.10. The summed E-state index contributed by atoms with van der Waals surface area (Å²) in [5.74, 6) is 1.76. The van der Waals surface area contributed by atoms with E-state index in [1.165, 1.54) is 15.6 Å². The maximum absolute atomic E-state index is 12.5. The first-order chi connectivity index (χ1) is 16.7. The third-order valence-electron chi connectivity index (χ3n) is 5.88. The second-order valence-electron chi connectivity index (χ2n) is 8.98. The maximum Gasteiger partial charge on any atom is 0.350 e. The van der Waals surface area contributed by atoms with Crippen LogP contribution in [-0.4, -0.2) is 31.2 Å². The number of halogens is 1. The first-order valence-corrected chi connectivity index (χ1v) is 11.9. The molecule has 2 aromatic carbocycles. The van der Waals surface area contributed by atoms with Gasteiger partial charge in [0.1, 0.15) is 24.4 Å². The first kappa shape index (κ1) is 24.6. The van der Waals surface area contributed by atoms with Gasteiger partial charge in [-0.25, -0.2) is 18.7 Å². The lowest BCUT2D eigenvalue weighted by Gasteiger charge is -2.16. The van der Waals surface area contributed by atoms with Gasteiger partial charge < -0.3 is 9.47 Å². The largest absolute Gasteiger partial charge is 0.496 e. The monoisotopic (exact) mass is 495 g/mol. The zero-order valence-electron chi connectivity index (χ0n) is 20.8. The van der Waals surface area contributed by atoms with Crippen LogP contribution >= 0.6 is 11.6 Å². The summed E-state index contributed by atoms with van der Waals surface area (Å²) in [5, 5.41) is 9.32. The topological polar surface area (TPSA) is 76.1 Å². The molecule has 0 saturated carbocycles. The van der Waals surface area contributed by atoms with Gasteiger partial charge in [0.25, 0.3) is 0 Å². The summed E-state index contributed by atoms with van der Waals surface area (Å²) in [6.07, 6.45) is 1.48. The van der Waals surface area contributed by atoms with E-state index in [9.17, 15) is 4.79 Å². The standard InChI is InChI=1S/C26H30ClN5O3/c1-16(2)21-13-23(17(3)4)32(29-21)18-10-11-25(20(27)12-18)35-14-19-22(8-7-9-24(19)34-6)31-15-28-30(5)26(31)33/h7-13,15-17H,14H2,1-6H3. The number of aryl methyl sites for hydroxylation is 1. The molecule has 8 nitrogen and oxygen atoms in total. The van der Waals surface area contributed by atoms with Crippen molar-refractivity contribution in [3.63, 3.8) is 0 Å². The van der Waals surface area contributed by atoms with Crippen LogP contribution in [0, 0.1) is 0 Å². The molecule has 35 heavy (non-hydrogen) atoms. The Morgan fingerprint density at radius 2 is 1.80 bits per heavy atom. The number of nitrogens with zero attached hydrogens (tertiary/aromatic N) is 5. The van der Waals surface area contributed by atoms with Crippen molar-refractivity contribution in [2.75, 3.05) is 7.11 Å². The Bertz CT molecular complexity index is 1400. The molecule has 0 fully saturated rings. The minimum atomic E-state index is -0.261. The highest BCUT2D eigenvalue weighted by atomic mass is 35.5. The average molecular weight is 496 g/mol. The third-order valence-corrected chi connectivity index (χ3v) is 6.18. The summed E-state index contributed by atoms with van der Waals surface area (Å²) >= 11 is 6.64. The highest BCUT2D eigenvalue weighted by Crippen LogP contribution is 2.32. The summed E-state index contributed by atoms with van der Waals surface area (Å²) in [4.78, 5) is 12.5.